The third kappa shape index (κ3) is 8.77. The Morgan fingerprint density at radius 1 is 1.27 bits per heavy atom. The van der Waals surface area contributed by atoms with Gasteiger partial charge in [0.05, 0.1) is 6.54 Å². The number of guanidine groups is 1. The highest BCUT2D eigenvalue weighted by Crippen LogP contribution is 2.12. The Kier molecular flexibility index (Phi) is 11.6. The molecule has 1 amide bonds. The third-order valence-electron chi connectivity index (χ3n) is 3.70. The molecule has 7 heteroatoms. The number of piperidine rings is 1. The molecular weight excluding hydrogens is 393 g/mol. The van der Waals surface area contributed by atoms with Crippen molar-refractivity contribution in [2.24, 2.45) is 4.99 Å². The molecule has 3 N–H and O–H groups in total. The molecule has 0 aliphatic carbocycles. The summed E-state index contributed by atoms with van der Waals surface area (Å²) in [5.41, 5.74) is 0. The van der Waals surface area contributed by atoms with Crippen molar-refractivity contribution in [2.45, 2.75) is 52.6 Å². The summed E-state index contributed by atoms with van der Waals surface area (Å²) in [7, 11) is 0. The van der Waals surface area contributed by atoms with Crippen LogP contribution in [0.5, 0.6) is 0 Å². The molecule has 0 bridgehead atoms. The van der Waals surface area contributed by atoms with Gasteiger partial charge in [0.2, 0.25) is 5.91 Å². The van der Waals surface area contributed by atoms with Crippen molar-refractivity contribution in [3.63, 3.8) is 0 Å². The fourth-order valence-electron chi connectivity index (χ4n) is 2.47. The summed E-state index contributed by atoms with van der Waals surface area (Å²) in [5.74, 6) is 0.843. The van der Waals surface area contributed by atoms with Crippen LogP contribution in [-0.2, 0) is 4.79 Å². The molecule has 0 saturated carbocycles. The average molecular weight is 425 g/mol. The van der Waals surface area contributed by atoms with E-state index < -0.39 is 0 Å². The number of halogens is 1. The van der Waals surface area contributed by atoms with Crippen molar-refractivity contribution in [1.82, 2.24) is 20.9 Å². The van der Waals surface area contributed by atoms with Gasteiger partial charge >= 0.3 is 0 Å². The smallest absolute Gasteiger partial charge is 0.216 e. The van der Waals surface area contributed by atoms with E-state index in [1.165, 1.54) is 6.92 Å². The number of hydrogen-bond donors (Lipinski definition) is 3. The third-order valence-corrected chi connectivity index (χ3v) is 3.70. The summed E-state index contributed by atoms with van der Waals surface area (Å²) in [4.78, 5) is 17.8. The fourth-order valence-corrected chi connectivity index (χ4v) is 2.47. The lowest BCUT2D eigenvalue weighted by Gasteiger charge is -2.35. The minimum Gasteiger partial charge on any atom is -0.357 e. The molecule has 1 aliphatic heterocycles. The van der Waals surface area contributed by atoms with E-state index in [2.05, 4.69) is 46.6 Å². The number of aliphatic imine (C=N–C) groups is 1. The molecule has 0 unspecified atom stereocenters. The van der Waals surface area contributed by atoms with Crippen LogP contribution in [0.3, 0.4) is 0 Å². The second-order valence-corrected chi connectivity index (χ2v) is 5.79. The highest BCUT2D eigenvalue weighted by Gasteiger charge is 2.21. The van der Waals surface area contributed by atoms with E-state index >= 15 is 0 Å². The van der Waals surface area contributed by atoms with E-state index in [9.17, 15) is 4.79 Å². The molecule has 0 radical (unpaired) electrons. The molecule has 1 fully saturated rings. The van der Waals surface area contributed by atoms with Crippen LogP contribution in [0, 0.1) is 0 Å². The van der Waals surface area contributed by atoms with Gasteiger partial charge in [-0.3, -0.25) is 9.79 Å². The topological polar surface area (TPSA) is 68.8 Å². The van der Waals surface area contributed by atoms with Gasteiger partial charge < -0.3 is 20.9 Å². The Bertz CT molecular complexity index is 341. The number of nitrogens with zero attached hydrogens (tertiary/aromatic N) is 2. The van der Waals surface area contributed by atoms with Crippen molar-refractivity contribution in [3.05, 3.63) is 0 Å². The van der Waals surface area contributed by atoms with Crippen LogP contribution in [0.2, 0.25) is 0 Å². The SMILES string of the molecule is CCNC(=NCCNC(C)=O)NC1CCN(C(C)C)CC1.I. The largest absolute Gasteiger partial charge is 0.357 e. The molecule has 1 aliphatic rings. The Morgan fingerprint density at radius 2 is 1.91 bits per heavy atom. The summed E-state index contributed by atoms with van der Waals surface area (Å²) in [6, 6.07) is 1.11. The van der Waals surface area contributed by atoms with E-state index in [0.29, 0.717) is 25.2 Å². The number of hydrogen-bond acceptors (Lipinski definition) is 3. The maximum absolute atomic E-state index is 10.8. The van der Waals surface area contributed by atoms with Crippen molar-refractivity contribution in [1.29, 1.82) is 0 Å². The number of carbonyl (C=O) groups is 1. The number of carbonyl (C=O) groups excluding carboxylic acids is 1. The monoisotopic (exact) mass is 425 g/mol. The summed E-state index contributed by atoms with van der Waals surface area (Å²) in [6.45, 7) is 12.4. The maximum Gasteiger partial charge on any atom is 0.216 e. The summed E-state index contributed by atoms with van der Waals surface area (Å²) < 4.78 is 0. The first-order chi connectivity index (χ1) is 10.0. The van der Waals surface area contributed by atoms with Gasteiger partial charge in [-0.2, -0.15) is 0 Å². The molecule has 1 heterocycles. The number of likely N-dealkylation sites (tertiary alicyclic amines) is 1. The predicted molar refractivity (Wildman–Crippen MR) is 103 cm³/mol. The van der Waals surface area contributed by atoms with Gasteiger partial charge in [0.1, 0.15) is 0 Å². The molecule has 0 aromatic heterocycles. The standard InChI is InChI=1S/C15H31N5O.HI/c1-5-16-15(18-9-8-17-13(4)21)19-14-6-10-20(11-7-14)12(2)3;/h12,14H,5-11H2,1-4H3,(H,17,21)(H2,16,18,19);1H. The van der Waals surface area contributed by atoms with E-state index in [-0.39, 0.29) is 29.9 Å². The molecule has 0 spiro atoms. The minimum absolute atomic E-state index is 0. The van der Waals surface area contributed by atoms with Crippen molar-refractivity contribution in [2.75, 3.05) is 32.7 Å². The highest BCUT2D eigenvalue weighted by molar-refractivity contribution is 14.0. The zero-order valence-electron chi connectivity index (χ0n) is 14.3. The van der Waals surface area contributed by atoms with Gasteiger partial charge in [-0.05, 0) is 33.6 Å². The molecule has 1 saturated heterocycles. The fraction of sp³-hybridized carbons (Fsp3) is 0.867. The summed E-state index contributed by atoms with van der Waals surface area (Å²) in [6.07, 6.45) is 2.29. The van der Waals surface area contributed by atoms with Crippen LogP contribution in [0.1, 0.15) is 40.5 Å². The summed E-state index contributed by atoms with van der Waals surface area (Å²) in [5, 5.41) is 9.53. The molecule has 6 nitrogen and oxygen atoms in total. The van der Waals surface area contributed by atoms with Gasteiger partial charge in [0.25, 0.3) is 0 Å². The lowest BCUT2D eigenvalue weighted by Crippen LogP contribution is -2.50. The Hall–Kier alpha value is -0.570. The first-order valence-electron chi connectivity index (χ1n) is 8.06. The van der Waals surface area contributed by atoms with Crippen LogP contribution in [0.25, 0.3) is 0 Å². The zero-order chi connectivity index (χ0) is 15.7. The number of rotatable bonds is 6. The average Bonchev–Trinajstić information content (AvgIpc) is 2.44. The highest BCUT2D eigenvalue weighted by atomic mass is 127. The quantitative estimate of drug-likeness (QED) is 0.259. The van der Waals surface area contributed by atoms with Crippen molar-refractivity contribution in [3.8, 4) is 0 Å². The van der Waals surface area contributed by atoms with Crippen LogP contribution >= 0.6 is 24.0 Å². The maximum atomic E-state index is 10.8. The Labute approximate surface area is 151 Å². The van der Waals surface area contributed by atoms with E-state index in [1.807, 2.05) is 0 Å². The van der Waals surface area contributed by atoms with Crippen molar-refractivity contribution >= 4 is 35.8 Å². The molecule has 130 valence electrons. The van der Waals surface area contributed by atoms with Gasteiger partial charge in [-0.1, -0.05) is 0 Å². The molecule has 0 aromatic rings. The predicted octanol–water partition coefficient (Wildman–Crippen LogP) is 1.17. The lowest BCUT2D eigenvalue weighted by molar-refractivity contribution is -0.118. The molecule has 22 heavy (non-hydrogen) atoms. The van der Waals surface area contributed by atoms with Gasteiger partial charge in [0.15, 0.2) is 5.96 Å². The van der Waals surface area contributed by atoms with Crippen molar-refractivity contribution < 1.29 is 4.79 Å². The zero-order valence-corrected chi connectivity index (χ0v) is 16.6. The molecule has 0 aromatic carbocycles. The molecular formula is C15H32IN5O. The number of amides is 1. The molecule has 1 rings (SSSR count). The normalized spacial score (nSPS) is 17.0. The minimum atomic E-state index is -0.00998. The van der Waals surface area contributed by atoms with E-state index in [0.717, 1.165) is 38.4 Å². The van der Waals surface area contributed by atoms with Crippen LogP contribution in [-0.4, -0.2) is 61.6 Å². The van der Waals surface area contributed by atoms with Crippen LogP contribution in [0.4, 0.5) is 0 Å². The second-order valence-electron chi connectivity index (χ2n) is 5.79. The van der Waals surface area contributed by atoms with E-state index in [4.69, 9.17) is 0 Å². The van der Waals surface area contributed by atoms with Gasteiger partial charge in [-0.25, -0.2) is 0 Å². The van der Waals surface area contributed by atoms with E-state index in [1.54, 1.807) is 0 Å². The van der Waals surface area contributed by atoms with Crippen LogP contribution in [0.15, 0.2) is 4.99 Å². The number of nitrogens with one attached hydrogen (secondary N) is 3. The molecule has 0 atom stereocenters. The summed E-state index contributed by atoms with van der Waals surface area (Å²) >= 11 is 0. The second kappa shape index (κ2) is 11.9. The Morgan fingerprint density at radius 3 is 2.41 bits per heavy atom. The first kappa shape index (κ1) is 21.4. The first-order valence-corrected chi connectivity index (χ1v) is 8.06. The van der Waals surface area contributed by atoms with Gasteiger partial charge in [-0.15, -0.1) is 24.0 Å². The lowest BCUT2D eigenvalue weighted by atomic mass is 10.0. The van der Waals surface area contributed by atoms with Crippen LogP contribution < -0.4 is 16.0 Å². The Balaban J connectivity index is 0.00000441. The van der Waals surface area contributed by atoms with Gasteiger partial charge in [0, 0.05) is 45.2 Å².